The summed E-state index contributed by atoms with van der Waals surface area (Å²) in [5.41, 5.74) is 3.86. The molecule has 1 aliphatic heterocycles. The molecule has 1 saturated heterocycles. The molecule has 0 radical (unpaired) electrons. The zero-order valence-corrected chi connectivity index (χ0v) is 15.0. The molecule has 2 heterocycles. The molecular weight excluding hydrogens is 322 g/mol. The van der Waals surface area contributed by atoms with Crippen LogP contribution in [0, 0.1) is 6.92 Å². The van der Waals surface area contributed by atoms with E-state index in [9.17, 15) is 4.79 Å². The first kappa shape index (κ1) is 16.6. The predicted octanol–water partition coefficient (Wildman–Crippen LogP) is 4.03. The minimum absolute atomic E-state index is 0.100. The van der Waals surface area contributed by atoms with Crippen molar-refractivity contribution in [3.05, 3.63) is 83.7 Å². The van der Waals surface area contributed by atoms with Crippen LogP contribution in [0.2, 0.25) is 0 Å². The number of amides is 1. The van der Waals surface area contributed by atoms with Gasteiger partial charge < -0.3 is 4.90 Å². The molecule has 1 fully saturated rings. The Kier molecular flexibility index (Phi) is 4.57. The molecule has 1 atom stereocenters. The van der Waals surface area contributed by atoms with Gasteiger partial charge in [0.25, 0.3) is 5.91 Å². The number of rotatable bonds is 4. The van der Waals surface area contributed by atoms with Crippen LogP contribution >= 0.6 is 0 Å². The quantitative estimate of drug-likeness (QED) is 0.716. The summed E-state index contributed by atoms with van der Waals surface area (Å²) >= 11 is 0. The zero-order chi connectivity index (χ0) is 17.9. The van der Waals surface area contributed by atoms with E-state index in [0.29, 0.717) is 5.56 Å². The molecule has 1 aliphatic rings. The predicted molar refractivity (Wildman–Crippen MR) is 103 cm³/mol. The maximum atomic E-state index is 13.2. The number of nitrogens with zero attached hydrogens (tertiary/aromatic N) is 3. The molecule has 3 aromatic rings. The SMILES string of the molecule is Cc1c(C(=O)N2CCCC2Cc2ccccc2)cnn1-c1ccccc1. The van der Waals surface area contributed by atoms with Crippen molar-refractivity contribution in [3.63, 3.8) is 0 Å². The molecule has 4 nitrogen and oxygen atoms in total. The number of hydrogen-bond acceptors (Lipinski definition) is 2. The number of hydrogen-bond donors (Lipinski definition) is 0. The topological polar surface area (TPSA) is 38.1 Å². The molecule has 2 aromatic carbocycles. The summed E-state index contributed by atoms with van der Waals surface area (Å²) in [5, 5.41) is 4.46. The number of carbonyl (C=O) groups is 1. The Hall–Kier alpha value is -2.88. The molecule has 0 spiro atoms. The lowest BCUT2D eigenvalue weighted by molar-refractivity contribution is 0.0735. The highest BCUT2D eigenvalue weighted by atomic mass is 16.2. The van der Waals surface area contributed by atoms with E-state index in [4.69, 9.17) is 0 Å². The van der Waals surface area contributed by atoms with Crippen molar-refractivity contribution in [2.45, 2.75) is 32.2 Å². The van der Waals surface area contributed by atoms with Gasteiger partial charge in [-0.15, -0.1) is 0 Å². The van der Waals surface area contributed by atoms with Crippen molar-refractivity contribution in [2.24, 2.45) is 0 Å². The fourth-order valence-electron chi connectivity index (χ4n) is 3.81. The number of likely N-dealkylation sites (tertiary alicyclic amines) is 1. The van der Waals surface area contributed by atoms with Gasteiger partial charge >= 0.3 is 0 Å². The number of aromatic nitrogens is 2. The van der Waals surface area contributed by atoms with Crippen molar-refractivity contribution >= 4 is 5.91 Å². The van der Waals surface area contributed by atoms with Crippen LogP contribution in [0.4, 0.5) is 0 Å². The Balaban J connectivity index is 1.56. The van der Waals surface area contributed by atoms with Crippen molar-refractivity contribution in [1.82, 2.24) is 14.7 Å². The zero-order valence-electron chi connectivity index (χ0n) is 15.0. The van der Waals surface area contributed by atoms with Gasteiger partial charge in [-0.2, -0.15) is 5.10 Å². The third-order valence-corrected chi connectivity index (χ3v) is 5.19. The summed E-state index contributed by atoms with van der Waals surface area (Å²) in [6, 6.07) is 20.6. The first-order chi connectivity index (χ1) is 12.7. The van der Waals surface area contributed by atoms with E-state index in [-0.39, 0.29) is 11.9 Å². The summed E-state index contributed by atoms with van der Waals surface area (Å²) in [6.07, 6.45) is 4.75. The highest BCUT2D eigenvalue weighted by molar-refractivity contribution is 5.95. The van der Waals surface area contributed by atoms with Crippen LogP contribution in [0.3, 0.4) is 0 Å². The molecular formula is C22H23N3O. The third-order valence-electron chi connectivity index (χ3n) is 5.19. The molecule has 0 saturated carbocycles. The maximum absolute atomic E-state index is 13.2. The highest BCUT2D eigenvalue weighted by Crippen LogP contribution is 2.25. The van der Waals surface area contributed by atoms with Gasteiger partial charge in [0.15, 0.2) is 0 Å². The summed E-state index contributed by atoms with van der Waals surface area (Å²) in [7, 11) is 0. The highest BCUT2D eigenvalue weighted by Gasteiger charge is 2.31. The Morgan fingerprint density at radius 3 is 2.50 bits per heavy atom. The molecule has 1 unspecified atom stereocenters. The minimum Gasteiger partial charge on any atom is -0.335 e. The largest absolute Gasteiger partial charge is 0.335 e. The van der Waals surface area contributed by atoms with E-state index in [0.717, 1.165) is 37.2 Å². The first-order valence-electron chi connectivity index (χ1n) is 9.19. The van der Waals surface area contributed by atoms with Crippen LogP contribution in [-0.2, 0) is 6.42 Å². The minimum atomic E-state index is 0.100. The molecule has 4 heteroatoms. The van der Waals surface area contributed by atoms with Crippen LogP contribution < -0.4 is 0 Å². The van der Waals surface area contributed by atoms with E-state index in [1.165, 1.54) is 5.56 Å². The molecule has 1 aromatic heterocycles. The molecule has 0 N–H and O–H groups in total. The summed E-state index contributed by atoms with van der Waals surface area (Å²) in [6.45, 7) is 2.79. The van der Waals surface area contributed by atoms with E-state index in [1.54, 1.807) is 6.20 Å². The lowest BCUT2D eigenvalue weighted by atomic mass is 10.0. The Labute approximate surface area is 154 Å². The van der Waals surface area contributed by atoms with Gasteiger partial charge in [0.2, 0.25) is 0 Å². The summed E-state index contributed by atoms with van der Waals surface area (Å²) in [4.78, 5) is 15.2. The lowest BCUT2D eigenvalue weighted by Crippen LogP contribution is -2.37. The average molecular weight is 345 g/mol. The lowest BCUT2D eigenvalue weighted by Gasteiger charge is -2.25. The van der Waals surface area contributed by atoms with Gasteiger partial charge in [-0.3, -0.25) is 4.79 Å². The van der Waals surface area contributed by atoms with Crippen molar-refractivity contribution in [1.29, 1.82) is 0 Å². The fraction of sp³-hybridized carbons (Fsp3) is 0.273. The summed E-state index contributed by atoms with van der Waals surface area (Å²) in [5.74, 6) is 0.100. The van der Waals surface area contributed by atoms with Crippen LogP contribution in [-0.4, -0.2) is 33.2 Å². The number of carbonyl (C=O) groups excluding carboxylic acids is 1. The van der Waals surface area contributed by atoms with E-state index < -0.39 is 0 Å². The average Bonchev–Trinajstić information content (AvgIpc) is 3.29. The molecule has 1 amide bonds. The Morgan fingerprint density at radius 1 is 1.08 bits per heavy atom. The van der Waals surface area contributed by atoms with Gasteiger partial charge in [-0.05, 0) is 43.9 Å². The molecule has 26 heavy (non-hydrogen) atoms. The summed E-state index contributed by atoms with van der Waals surface area (Å²) < 4.78 is 1.84. The normalized spacial score (nSPS) is 16.8. The van der Waals surface area contributed by atoms with Crippen LogP contribution in [0.15, 0.2) is 66.9 Å². The van der Waals surface area contributed by atoms with E-state index in [1.807, 2.05) is 52.9 Å². The van der Waals surface area contributed by atoms with Gasteiger partial charge in [-0.25, -0.2) is 4.68 Å². The van der Waals surface area contributed by atoms with Gasteiger partial charge in [0.1, 0.15) is 0 Å². The second-order valence-corrected chi connectivity index (χ2v) is 6.88. The number of para-hydroxylation sites is 1. The monoisotopic (exact) mass is 345 g/mol. The van der Waals surface area contributed by atoms with E-state index >= 15 is 0 Å². The Morgan fingerprint density at radius 2 is 1.77 bits per heavy atom. The standard InChI is InChI=1S/C22H23N3O/c1-17-21(16-23-25(17)19-11-6-3-7-12-19)22(26)24-14-8-13-20(24)15-18-9-4-2-5-10-18/h2-7,9-12,16,20H,8,13-15H2,1H3. The molecule has 0 aliphatic carbocycles. The van der Waals surface area contributed by atoms with Crippen LogP contribution in [0.1, 0.15) is 34.5 Å². The first-order valence-corrected chi connectivity index (χ1v) is 9.19. The molecule has 4 rings (SSSR count). The smallest absolute Gasteiger partial charge is 0.257 e. The number of benzene rings is 2. The second-order valence-electron chi connectivity index (χ2n) is 6.88. The van der Waals surface area contributed by atoms with Crippen molar-refractivity contribution < 1.29 is 4.79 Å². The molecule has 132 valence electrons. The second kappa shape index (κ2) is 7.16. The van der Waals surface area contributed by atoms with Gasteiger partial charge in [0, 0.05) is 12.6 Å². The van der Waals surface area contributed by atoms with E-state index in [2.05, 4.69) is 29.4 Å². The van der Waals surface area contributed by atoms with Gasteiger partial charge in [0.05, 0.1) is 23.1 Å². The molecule has 0 bridgehead atoms. The Bertz CT molecular complexity index is 886. The van der Waals surface area contributed by atoms with Crippen molar-refractivity contribution in [3.8, 4) is 5.69 Å². The van der Waals surface area contributed by atoms with Crippen LogP contribution in [0.5, 0.6) is 0 Å². The van der Waals surface area contributed by atoms with Crippen LogP contribution in [0.25, 0.3) is 5.69 Å². The van der Waals surface area contributed by atoms with Crippen molar-refractivity contribution in [2.75, 3.05) is 6.54 Å². The van der Waals surface area contributed by atoms with Gasteiger partial charge in [-0.1, -0.05) is 48.5 Å². The fourth-order valence-corrected chi connectivity index (χ4v) is 3.81. The third kappa shape index (κ3) is 3.15. The maximum Gasteiger partial charge on any atom is 0.257 e.